The molecular formula is C11H11BrN2S2. The Labute approximate surface area is 111 Å². The summed E-state index contributed by atoms with van der Waals surface area (Å²) < 4.78 is 0.867. The number of thiophene rings is 1. The van der Waals surface area contributed by atoms with Crippen LogP contribution in [0.15, 0.2) is 9.98 Å². The fourth-order valence-electron chi connectivity index (χ4n) is 2.08. The van der Waals surface area contributed by atoms with Gasteiger partial charge in [-0.05, 0) is 53.2 Å². The van der Waals surface area contributed by atoms with E-state index in [1.807, 2.05) is 11.3 Å². The molecule has 84 valence electrons. The predicted octanol–water partition coefficient (Wildman–Crippen LogP) is 4.30. The van der Waals surface area contributed by atoms with E-state index in [0.717, 1.165) is 8.92 Å². The lowest BCUT2D eigenvalue weighted by Gasteiger charge is -1.92. The van der Waals surface area contributed by atoms with Crippen molar-refractivity contribution in [1.82, 2.24) is 10.2 Å². The smallest absolute Gasteiger partial charge is 0.137 e. The maximum absolute atomic E-state index is 4.18. The van der Waals surface area contributed by atoms with Gasteiger partial charge in [0.15, 0.2) is 8.92 Å². The first-order valence-electron chi connectivity index (χ1n) is 5.44. The zero-order chi connectivity index (χ0) is 11.0. The Balaban J connectivity index is 1.98. The normalized spacial score (nSPS) is 15.8. The van der Waals surface area contributed by atoms with E-state index >= 15 is 0 Å². The van der Waals surface area contributed by atoms with Gasteiger partial charge in [0.2, 0.25) is 0 Å². The number of aromatic nitrogens is 2. The molecule has 2 heterocycles. The highest BCUT2D eigenvalue weighted by atomic mass is 79.9. The molecule has 0 aromatic carbocycles. The molecule has 0 N–H and O–H groups in total. The molecule has 16 heavy (non-hydrogen) atoms. The van der Waals surface area contributed by atoms with E-state index in [-0.39, 0.29) is 0 Å². The van der Waals surface area contributed by atoms with Gasteiger partial charge in [0.05, 0.1) is 4.88 Å². The van der Waals surface area contributed by atoms with Crippen molar-refractivity contribution in [1.29, 1.82) is 0 Å². The van der Waals surface area contributed by atoms with Crippen LogP contribution in [-0.2, 0) is 12.8 Å². The van der Waals surface area contributed by atoms with Gasteiger partial charge in [0, 0.05) is 4.88 Å². The van der Waals surface area contributed by atoms with Crippen molar-refractivity contribution < 1.29 is 0 Å². The van der Waals surface area contributed by atoms with E-state index in [1.165, 1.54) is 37.0 Å². The zero-order valence-electron chi connectivity index (χ0n) is 8.70. The molecule has 0 atom stereocenters. The highest BCUT2D eigenvalue weighted by molar-refractivity contribution is 9.11. The average molecular weight is 315 g/mol. The summed E-state index contributed by atoms with van der Waals surface area (Å²) in [5, 5.41) is 9.24. The Bertz CT molecular complexity index is 480. The number of fused-ring (bicyclic) bond motifs is 1. The van der Waals surface area contributed by atoms with Gasteiger partial charge in [-0.25, -0.2) is 0 Å². The maximum Gasteiger partial charge on any atom is 0.183 e. The third-order valence-electron chi connectivity index (χ3n) is 2.86. The molecule has 0 spiro atoms. The molecule has 5 heteroatoms. The van der Waals surface area contributed by atoms with Crippen molar-refractivity contribution >= 4 is 38.6 Å². The number of halogens is 1. The van der Waals surface area contributed by atoms with Crippen molar-refractivity contribution in [2.75, 3.05) is 0 Å². The van der Waals surface area contributed by atoms with Crippen LogP contribution in [-0.4, -0.2) is 10.2 Å². The minimum atomic E-state index is 0.867. The van der Waals surface area contributed by atoms with Gasteiger partial charge in [-0.3, -0.25) is 0 Å². The molecule has 2 nitrogen and oxygen atoms in total. The summed E-state index contributed by atoms with van der Waals surface area (Å²) in [7, 11) is 0. The van der Waals surface area contributed by atoms with Crippen LogP contribution in [0, 0.1) is 0 Å². The minimum Gasteiger partial charge on any atom is -0.137 e. The minimum absolute atomic E-state index is 0.867. The van der Waals surface area contributed by atoms with E-state index in [1.54, 1.807) is 21.8 Å². The lowest BCUT2D eigenvalue weighted by atomic mass is 10.1. The van der Waals surface area contributed by atoms with Crippen molar-refractivity contribution in [2.24, 2.45) is 0 Å². The molecule has 2 aromatic heterocycles. The SMILES string of the molecule is Brc1nnc(-c2cc3c(s2)CCCCC3)s1. The van der Waals surface area contributed by atoms with Crippen LogP contribution in [0.1, 0.15) is 29.7 Å². The van der Waals surface area contributed by atoms with Gasteiger partial charge < -0.3 is 0 Å². The van der Waals surface area contributed by atoms with E-state index < -0.39 is 0 Å². The molecule has 3 rings (SSSR count). The van der Waals surface area contributed by atoms with Gasteiger partial charge >= 0.3 is 0 Å². The van der Waals surface area contributed by atoms with Crippen molar-refractivity contribution in [3.63, 3.8) is 0 Å². The van der Waals surface area contributed by atoms with Gasteiger partial charge in [0.1, 0.15) is 0 Å². The van der Waals surface area contributed by atoms with Crippen LogP contribution >= 0.6 is 38.6 Å². The van der Waals surface area contributed by atoms with E-state index in [0.29, 0.717) is 0 Å². The van der Waals surface area contributed by atoms with Crippen molar-refractivity contribution in [3.05, 3.63) is 20.4 Å². The Hall–Kier alpha value is -0.260. The van der Waals surface area contributed by atoms with E-state index in [4.69, 9.17) is 0 Å². The summed E-state index contributed by atoms with van der Waals surface area (Å²) in [4.78, 5) is 2.86. The van der Waals surface area contributed by atoms with Crippen LogP contribution in [0.3, 0.4) is 0 Å². The Morgan fingerprint density at radius 1 is 1.06 bits per heavy atom. The number of hydrogen-bond acceptors (Lipinski definition) is 4. The molecular weight excluding hydrogens is 304 g/mol. The monoisotopic (exact) mass is 314 g/mol. The molecule has 1 aliphatic carbocycles. The van der Waals surface area contributed by atoms with Gasteiger partial charge in [0.25, 0.3) is 0 Å². The summed E-state index contributed by atoms with van der Waals surface area (Å²) in [6, 6.07) is 2.32. The van der Waals surface area contributed by atoms with Crippen LogP contribution < -0.4 is 0 Å². The van der Waals surface area contributed by atoms with E-state index in [9.17, 15) is 0 Å². The molecule has 0 fully saturated rings. The molecule has 0 saturated heterocycles. The number of aryl methyl sites for hydroxylation is 2. The second kappa shape index (κ2) is 4.55. The Kier molecular flexibility index (Phi) is 3.09. The second-order valence-electron chi connectivity index (χ2n) is 3.98. The third kappa shape index (κ3) is 2.08. The van der Waals surface area contributed by atoms with Crippen molar-refractivity contribution in [3.8, 4) is 9.88 Å². The number of rotatable bonds is 1. The predicted molar refractivity (Wildman–Crippen MR) is 72.2 cm³/mol. The topological polar surface area (TPSA) is 25.8 Å². The van der Waals surface area contributed by atoms with Gasteiger partial charge in [-0.15, -0.1) is 21.5 Å². The summed E-state index contributed by atoms with van der Waals surface area (Å²) >= 11 is 6.88. The Morgan fingerprint density at radius 2 is 1.94 bits per heavy atom. The molecule has 0 aliphatic heterocycles. The fourth-order valence-corrected chi connectivity index (χ4v) is 4.48. The van der Waals surface area contributed by atoms with Crippen molar-refractivity contribution in [2.45, 2.75) is 32.1 Å². The van der Waals surface area contributed by atoms with Crippen LogP contribution in [0.25, 0.3) is 9.88 Å². The summed E-state index contributed by atoms with van der Waals surface area (Å²) in [5.74, 6) is 0. The van der Waals surface area contributed by atoms with Gasteiger partial charge in [-0.2, -0.15) is 0 Å². The molecule has 0 unspecified atom stereocenters. The zero-order valence-corrected chi connectivity index (χ0v) is 11.9. The summed E-state index contributed by atoms with van der Waals surface area (Å²) in [5.41, 5.74) is 1.55. The molecule has 1 aliphatic rings. The quantitative estimate of drug-likeness (QED) is 0.733. The molecule has 0 radical (unpaired) electrons. The highest BCUT2D eigenvalue weighted by Gasteiger charge is 2.15. The lowest BCUT2D eigenvalue weighted by molar-refractivity contribution is 0.713. The molecule has 0 saturated carbocycles. The maximum atomic E-state index is 4.18. The first-order valence-corrected chi connectivity index (χ1v) is 7.86. The molecule has 0 bridgehead atoms. The average Bonchev–Trinajstić information content (AvgIpc) is 2.81. The summed E-state index contributed by atoms with van der Waals surface area (Å²) in [6.45, 7) is 0. The number of hydrogen-bond donors (Lipinski definition) is 0. The first-order chi connectivity index (χ1) is 7.83. The van der Waals surface area contributed by atoms with Crippen LogP contribution in [0.2, 0.25) is 0 Å². The standard InChI is InChI=1S/C11H11BrN2S2/c12-11-14-13-10(16-11)9-6-7-4-2-1-3-5-8(7)15-9/h6H,1-5H2. The summed E-state index contributed by atoms with van der Waals surface area (Å²) in [6.07, 6.45) is 6.54. The largest absolute Gasteiger partial charge is 0.183 e. The molecule has 2 aromatic rings. The van der Waals surface area contributed by atoms with Crippen LogP contribution in [0.4, 0.5) is 0 Å². The lowest BCUT2D eigenvalue weighted by Crippen LogP contribution is -1.80. The second-order valence-corrected chi connectivity index (χ2v) is 7.37. The van der Waals surface area contributed by atoms with Gasteiger partial charge in [-0.1, -0.05) is 17.8 Å². The third-order valence-corrected chi connectivity index (χ3v) is 5.62. The van der Waals surface area contributed by atoms with Crippen LogP contribution in [0.5, 0.6) is 0 Å². The Morgan fingerprint density at radius 3 is 2.75 bits per heavy atom. The van der Waals surface area contributed by atoms with E-state index in [2.05, 4.69) is 32.2 Å². The molecule has 0 amide bonds. The number of nitrogens with zero attached hydrogens (tertiary/aromatic N) is 2. The highest BCUT2D eigenvalue weighted by Crippen LogP contribution is 2.37. The fraction of sp³-hybridized carbons (Fsp3) is 0.455. The first kappa shape index (κ1) is 10.9.